The number of fused-ring (bicyclic) bond motifs is 3. The summed E-state index contributed by atoms with van der Waals surface area (Å²) in [5.41, 5.74) is 3.28. The van der Waals surface area contributed by atoms with E-state index in [1.165, 1.54) is 10.4 Å². The summed E-state index contributed by atoms with van der Waals surface area (Å²) in [6.45, 7) is 5.54. The molecule has 124 valence electrons. The van der Waals surface area contributed by atoms with Gasteiger partial charge in [0, 0.05) is 6.42 Å². The van der Waals surface area contributed by atoms with E-state index in [0.717, 1.165) is 42.2 Å². The number of quaternary nitrogens is 1. The first-order chi connectivity index (χ1) is 11.7. The van der Waals surface area contributed by atoms with Gasteiger partial charge in [0.15, 0.2) is 0 Å². The lowest BCUT2D eigenvalue weighted by Crippen LogP contribution is -3.11. The number of amides is 1. The summed E-state index contributed by atoms with van der Waals surface area (Å²) in [5.74, 6) is 0.0592. The maximum atomic E-state index is 12.6. The lowest BCUT2D eigenvalue weighted by atomic mass is 10.0. The number of carbonyl (C=O) groups excluding carboxylic acids is 1. The highest BCUT2D eigenvalue weighted by atomic mass is 32.1. The molecule has 1 unspecified atom stereocenters. The molecule has 2 aliphatic rings. The first-order valence-corrected chi connectivity index (χ1v) is 9.35. The second-order valence-electron chi connectivity index (χ2n) is 6.35. The highest BCUT2D eigenvalue weighted by molar-refractivity contribution is 7.16. The van der Waals surface area contributed by atoms with Gasteiger partial charge in [0.05, 0.1) is 23.5 Å². The van der Waals surface area contributed by atoms with Gasteiger partial charge in [-0.15, -0.1) is 11.3 Å². The first kappa shape index (κ1) is 15.4. The summed E-state index contributed by atoms with van der Waals surface area (Å²) in [6.07, 6.45) is 4.90. The molecule has 0 spiro atoms. The highest BCUT2D eigenvalue weighted by Crippen LogP contribution is 2.36. The van der Waals surface area contributed by atoms with Crippen molar-refractivity contribution in [2.45, 2.75) is 26.1 Å². The summed E-state index contributed by atoms with van der Waals surface area (Å²) in [7, 11) is 0. The Hall–Kier alpha value is -2.11. The average molecular weight is 340 g/mol. The largest absolute Gasteiger partial charge is 0.353 e. The van der Waals surface area contributed by atoms with Crippen LogP contribution >= 0.6 is 11.3 Å². The second kappa shape index (κ2) is 6.42. The van der Waals surface area contributed by atoms with Gasteiger partial charge in [0.2, 0.25) is 0 Å². The fourth-order valence-corrected chi connectivity index (χ4v) is 4.79. The summed E-state index contributed by atoms with van der Waals surface area (Å²) < 4.78 is 0. The molecule has 2 atom stereocenters. The average Bonchev–Trinajstić information content (AvgIpc) is 2.98. The Morgan fingerprint density at radius 3 is 2.92 bits per heavy atom. The maximum absolute atomic E-state index is 12.6. The topological polar surface area (TPSA) is 45.6 Å². The smallest absolute Gasteiger partial charge is 0.256 e. The highest BCUT2D eigenvalue weighted by Gasteiger charge is 2.33. The summed E-state index contributed by atoms with van der Waals surface area (Å²) >= 11 is 1.76. The molecule has 0 saturated carbocycles. The van der Waals surface area contributed by atoms with Crippen LogP contribution in [-0.4, -0.2) is 25.2 Å². The monoisotopic (exact) mass is 340 g/mol. The molecule has 2 aliphatic heterocycles. The number of thiophene rings is 1. The van der Waals surface area contributed by atoms with Crippen LogP contribution in [0, 0.1) is 0 Å². The van der Waals surface area contributed by atoms with Gasteiger partial charge in [-0.2, -0.15) is 0 Å². The fraction of sp³-hybridized carbons (Fsp3) is 0.316. The molecule has 3 heterocycles. The quantitative estimate of drug-likeness (QED) is 0.799. The Balaban J connectivity index is 1.56. The minimum absolute atomic E-state index is 0.0592. The van der Waals surface area contributed by atoms with Gasteiger partial charge in [0.1, 0.15) is 17.7 Å². The third-order valence-corrected chi connectivity index (χ3v) is 5.97. The normalized spacial score (nSPS) is 22.6. The zero-order valence-electron chi connectivity index (χ0n) is 13.8. The van der Waals surface area contributed by atoms with Crippen LogP contribution in [-0.2, 0) is 13.0 Å². The standard InChI is InChI=1S/C19H21N3OS/c1-2-22-11-10-14-15(12-22)24-19-17(14)18(23)20-16(21-19)9-8-13-6-4-3-5-7-13/h3-9,16,21H,2,10-12H2,1H3,(H,20,23)/p+1/b9-8-/t16-/m1/s1. The van der Waals surface area contributed by atoms with E-state index in [1.807, 2.05) is 30.4 Å². The number of rotatable bonds is 3. The van der Waals surface area contributed by atoms with Crippen molar-refractivity contribution in [3.63, 3.8) is 0 Å². The van der Waals surface area contributed by atoms with Gasteiger partial charge < -0.3 is 15.5 Å². The zero-order valence-corrected chi connectivity index (χ0v) is 14.6. The summed E-state index contributed by atoms with van der Waals surface area (Å²) in [6, 6.07) is 10.1. The van der Waals surface area contributed by atoms with Crippen molar-refractivity contribution >= 4 is 28.3 Å². The Morgan fingerprint density at radius 1 is 1.29 bits per heavy atom. The lowest BCUT2D eigenvalue weighted by Gasteiger charge is -2.25. The maximum Gasteiger partial charge on any atom is 0.256 e. The van der Waals surface area contributed by atoms with E-state index in [2.05, 4.69) is 29.7 Å². The van der Waals surface area contributed by atoms with Crippen LogP contribution in [0.2, 0.25) is 0 Å². The molecular formula is C19H22N3OS+. The molecule has 0 aliphatic carbocycles. The number of likely N-dealkylation sites (N-methyl/N-ethyl adjacent to an activating group) is 1. The molecule has 0 radical (unpaired) electrons. The molecule has 1 amide bonds. The second-order valence-corrected chi connectivity index (χ2v) is 7.46. The van der Waals surface area contributed by atoms with Crippen LogP contribution in [0.4, 0.5) is 5.00 Å². The van der Waals surface area contributed by atoms with Gasteiger partial charge in [0.25, 0.3) is 5.91 Å². The van der Waals surface area contributed by atoms with E-state index in [0.29, 0.717) is 0 Å². The van der Waals surface area contributed by atoms with Crippen molar-refractivity contribution in [1.29, 1.82) is 0 Å². The predicted octanol–water partition coefficient (Wildman–Crippen LogP) is 1.90. The van der Waals surface area contributed by atoms with Crippen LogP contribution in [0.3, 0.4) is 0 Å². The Morgan fingerprint density at radius 2 is 2.12 bits per heavy atom. The number of nitrogens with one attached hydrogen (secondary N) is 3. The molecule has 0 saturated heterocycles. The van der Waals surface area contributed by atoms with E-state index in [4.69, 9.17) is 0 Å². The number of hydrogen-bond donors (Lipinski definition) is 3. The predicted molar refractivity (Wildman–Crippen MR) is 98.5 cm³/mol. The number of hydrogen-bond acceptors (Lipinski definition) is 3. The van der Waals surface area contributed by atoms with Crippen molar-refractivity contribution in [2.75, 3.05) is 18.4 Å². The zero-order chi connectivity index (χ0) is 16.5. The van der Waals surface area contributed by atoms with Crippen molar-refractivity contribution in [1.82, 2.24) is 5.32 Å². The van der Waals surface area contributed by atoms with Crippen LogP contribution in [0.1, 0.15) is 33.3 Å². The van der Waals surface area contributed by atoms with E-state index in [-0.39, 0.29) is 12.1 Å². The molecule has 1 aromatic carbocycles. The minimum atomic E-state index is -0.153. The Kier molecular flexibility index (Phi) is 4.12. The molecule has 3 N–H and O–H groups in total. The molecule has 24 heavy (non-hydrogen) atoms. The number of benzene rings is 1. The van der Waals surface area contributed by atoms with Gasteiger partial charge in [-0.3, -0.25) is 4.79 Å². The first-order valence-electron chi connectivity index (χ1n) is 8.53. The summed E-state index contributed by atoms with van der Waals surface area (Å²) in [4.78, 5) is 15.6. The number of carbonyl (C=O) groups is 1. The molecule has 2 aromatic rings. The van der Waals surface area contributed by atoms with Crippen LogP contribution in [0.15, 0.2) is 36.4 Å². The number of anilines is 1. The lowest BCUT2D eigenvalue weighted by molar-refractivity contribution is -0.913. The molecule has 5 heteroatoms. The molecule has 0 fully saturated rings. The SMILES string of the molecule is CC[NH+]1CCc2c(sc3c2C(=O)N[C@@H](/C=C\c2ccccc2)N3)C1. The van der Waals surface area contributed by atoms with E-state index >= 15 is 0 Å². The summed E-state index contributed by atoms with van der Waals surface area (Å²) in [5, 5.41) is 7.58. The van der Waals surface area contributed by atoms with Crippen LogP contribution < -0.4 is 15.5 Å². The Bertz CT molecular complexity index is 781. The third kappa shape index (κ3) is 2.85. The fourth-order valence-electron chi connectivity index (χ4n) is 3.44. The van der Waals surface area contributed by atoms with Gasteiger partial charge in [-0.05, 0) is 24.1 Å². The third-order valence-electron chi connectivity index (χ3n) is 4.81. The van der Waals surface area contributed by atoms with Crippen molar-refractivity contribution in [2.24, 2.45) is 0 Å². The van der Waals surface area contributed by atoms with E-state index in [1.54, 1.807) is 16.2 Å². The van der Waals surface area contributed by atoms with Gasteiger partial charge >= 0.3 is 0 Å². The molecule has 4 nitrogen and oxygen atoms in total. The van der Waals surface area contributed by atoms with E-state index < -0.39 is 0 Å². The van der Waals surface area contributed by atoms with Crippen LogP contribution in [0.25, 0.3) is 6.08 Å². The van der Waals surface area contributed by atoms with Crippen molar-refractivity contribution in [3.05, 3.63) is 58.0 Å². The molecule has 0 bridgehead atoms. The van der Waals surface area contributed by atoms with E-state index in [9.17, 15) is 4.79 Å². The molecular weight excluding hydrogens is 318 g/mol. The molecule has 1 aromatic heterocycles. The molecule has 4 rings (SSSR count). The minimum Gasteiger partial charge on any atom is -0.353 e. The van der Waals surface area contributed by atoms with Crippen molar-refractivity contribution < 1.29 is 9.69 Å². The van der Waals surface area contributed by atoms with Crippen LogP contribution in [0.5, 0.6) is 0 Å². The van der Waals surface area contributed by atoms with Gasteiger partial charge in [-0.1, -0.05) is 36.4 Å². The van der Waals surface area contributed by atoms with Crippen molar-refractivity contribution in [3.8, 4) is 0 Å². The van der Waals surface area contributed by atoms with Gasteiger partial charge in [-0.25, -0.2) is 0 Å². The Labute approximate surface area is 146 Å².